The van der Waals surface area contributed by atoms with Gasteiger partial charge in [0.2, 0.25) is 0 Å². The lowest BCUT2D eigenvalue weighted by molar-refractivity contribution is 0.0934. The van der Waals surface area contributed by atoms with Gasteiger partial charge in [-0.05, 0) is 30.2 Å². The van der Waals surface area contributed by atoms with Crippen LogP contribution in [0.25, 0.3) is 0 Å². The van der Waals surface area contributed by atoms with Crippen molar-refractivity contribution >= 4 is 15.7 Å². The lowest BCUT2D eigenvalue weighted by Crippen LogP contribution is -2.39. The summed E-state index contributed by atoms with van der Waals surface area (Å²) < 4.78 is 24.8. The van der Waals surface area contributed by atoms with Gasteiger partial charge in [-0.15, -0.1) is 0 Å². The lowest BCUT2D eigenvalue weighted by Gasteiger charge is -2.26. The smallest absolute Gasteiger partial charge is 0.251 e. The van der Waals surface area contributed by atoms with E-state index >= 15 is 0 Å². The normalized spacial score (nSPS) is 18.1. The summed E-state index contributed by atoms with van der Waals surface area (Å²) in [4.78, 5) is 14.7. The van der Waals surface area contributed by atoms with E-state index in [2.05, 4.69) is 15.3 Å². The van der Waals surface area contributed by atoms with E-state index in [0.717, 1.165) is 17.7 Å². The number of carbonyl (C=O) groups excluding carboxylic acids is 1. The third kappa shape index (κ3) is 4.95. The number of nitrogens with zero attached hydrogens (tertiary/aromatic N) is 3. The third-order valence-electron chi connectivity index (χ3n) is 4.99. The number of benzene rings is 1. The van der Waals surface area contributed by atoms with Gasteiger partial charge in [-0.3, -0.25) is 14.4 Å². The van der Waals surface area contributed by atoms with Crippen molar-refractivity contribution in [3.8, 4) is 0 Å². The van der Waals surface area contributed by atoms with Gasteiger partial charge in [0.1, 0.15) is 0 Å². The van der Waals surface area contributed by atoms with Gasteiger partial charge < -0.3 is 5.32 Å². The van der Waals surface area contributed by atoms with Crippen LogP contribution in [0.2, 0.25) is 0 Å². The molecule has 1 saturated heterocycles. The third-order valence-corrected chi connectivity index (χ3v) is 6.60. The highest BCUT2D eigenvalue weighted by molar-refractivity contribution is 7.91. The Hall–Kier alpha value is -2.19. The zero-order valence-corrected chi connectivity index (χ0v) is 16.6. The molecule has 1 aliphatic rings. The molecule has 1 aromatic carbocycles. The molecule has 1 aliphatic heterocycles. The highest BCUT2D eigenvalue weighted by Crippen LogP contribution is 2.17. The summed E-state index contributed by atoms with van der Waals surface area (Å²) in [5, 5.41) is 7.22. The van der Waals surface area contributed by atoms with Crippen molar-refractivity contribution in [3.63, 3.8) is 0 Å². The Bertz CT molecular complexity index is 876. The van der Waals surface area contributed by atoms with E-state index in [1.807, 2.05) is 44.3 Å². The van der Waals surface area contributed by atoms with Crippen LogP contribution in [0.1, 0.15) is 41.0 Å². The number of aryl methyl sites for hydroxylation is 1. The number of hydrogen-bond donors (Lipinski definition) is 1. The quantitative estimate of drug-likeness (QED) is 0.809. The summed E-state index contributed by atoms with van der Waals surface area (Å²) >= 11 is 0. The molecule has 2 aromatic rings. The van der Waals surface area contributed by atoms with Gasteiger partial charge in [-0.1, -0.05) is 19.1 Å². The molecule has 0 bridgehead atoms. The van der Waals surface area contributed by atoms with E-state index in [1.165, 1.54) is 0 Å². The molecule has 27 heavy (non-hydrogen) atoms. The predicted molar refractivity (Wildman–Crippen MR) is 104 cm³/mol. The van der Waals surface area contributed by atoms with E-state index < -0.39 is 9.84 Å². The van der Waals surface area contributed by atoms with Gasteiger partial charge in [-0.2, -0.15) is 5.10 Å². The highest BCUT2D eigenvalue weighted by atomic mass is 32.2. The molecule has 146 valence electrons. The second-order valence-corrected chi connectivity index (χ2v) is 9.24. The fourth-order valence-electron chi connectivity index (χ4n) is 3.28. The fourth-order valence-corrected chi connectivity index (χ4v) is 4.56. The van der Waals surface area contributed by atoms with Crippen molar-refractivity contribution in [3.05, 3.63) is 53.3 Å². The minimum Gasteiger partial charge on any atom is -0.344 e. The van der Waals surface area contributed by atoms with Crippen LogP contribution >= 0.6 is 0 Å². The average Bonchev–Trinajstić information content (AvgIpc) is 3.08. The molecule has 2 heterocycles. The lowest BCUT2D eigenvalue weighted by atomic mass is 10.1. The molecule has 1 atom stereocenters. The molecule has 1 fully saturated rings. The Morgan fingerprint density at radius 2 is 1.85 bits per heavy atom. The van der Waals surface area contributed by atoms with Gasteiger partial charge in [0, 0.05) is 38.4 Å². The molecule has 1 aromatic heterocycles. The van der Waals surface area contributed by atoms with Crippen molar-refractivity contribution in [2.75, 3.05) is 24.6 Å². The first kappa shape index (κ1) is 19.6. The van der Waals surface area contributed by atoms with E-state index in [0.29, 0.717) is 25.2 Å². The van der Waals surface area contributed by atoms with Crippen LogP contribution in [0.15, 0.2) is 36.5 Å². The monoisotopic (exact) mass is 390 g/mol. The van der Waals surface area contributed by atoms with Gasteiger partial charge in [0.15, 0.2) is 9.84 Å². The minimum atomic E-state index is -2.86. The van der Waals surface area contributed by atoms with Gasteiger partial charge in [0.05, 0.1) is 23.2 Å². The van der Waals surface area contributed by atoms with Crippen molar-refractivity contribution < 1.29 is 13.2 Å². The topological polar surface area (TPSA) is 84.3 Å². The number of sulfone groups is 1. The van der Waals surface area contributed by atoms with Gasteiger partial charge in [0.25, 0.3) is 5.91 Å². The first-order chi connectivity index (χ1) is 12.9. The van der Waals surface area contributed by atoms with E-state index in [9.17, 15) is 13.2 Å². The van der Waals surface area contributed by atoms with Crippen LogP contribution in [0.4, 0.5) is 0 Å². The number of amides is 1. The summed E-state index contributed by atoms with van der Waals surface area (Å²) in [7, 11) is -0.997. The summed E-state index contributed by atoms with van der Waals surface area (Å²) in [6.45, 7) is 3.85. The maximum Gasteiger partial charge on any atom is 0.251 e. The Balaban J connectivity index is 1.59. The average molecular weight is 391 g/mol. The van der Waals surface area contributed by atoms with Crippen LogP contribution in [0.5, 0.6) is 0 Å². The first-order valence-electron chi connectivity index (χ1n) is 9.18. The maximum atomic E-state index is 12.6. The molecule has 3 rings (SSSR count). The standard InChI is InChI=1S/C19H26N4O3S/c1-3-17(18-8-9-20-22(18)2)21-19(24)16-6-4-15(5-7-16)14-23-10-12-27(25,26)13-11-23/h4-9,17H,3,10-14H2,1-2H3,(H,21,24). The molecule has 0 aliphatic carbocycles. The molecule has 8 heteroatoms. The number of carbonyl (C=O) groups is 1. The van der Waals surface area contributed by atoms with Crippen LogP contribution in [-0.2, 0) is 23.4 Å². The van der Waals surface area contributed by atoms with Crippen molar-refractivity contribution in [2.24, 2.45) is 7.05 Å². The Kier molecular flexibility index (Phi) is 5.96. The predicted octanol–water partition coefficient (Wildman–Crippen LogP) is 1.53. The molecular formula is C19H26N4O3S. The summed E-state index contributed by atoms with van der Waals surface area (Å²) in [5.41, 5.74) is 2.66. The van der Waals surface area contributed by atoms with Crippen LogP contribution in [0, 0.1) is 0 Å². The van der Waals surface area contributed by atoms with Gasteiger partial charge in [-0.25, -0.2) is 8.42 Å². The van der Waals surface area contributed by atoms with Crippen LogP contribution in [0.3, 0.4) is 0 Å². The Labute approximate surface area is 160 Å². The Morgan fingerprint density at radius 1 is 1.19 bits per heavy atom. The SMILES string of the molecule is CCC(NC(=O)c1ccc(CN2CCS(=O)(=O)CC2)cc1)c1ccnn1C. The fraction of sp³-hybridized carbons (Fsp3) is 0.474. The van der Waals surface area contributed by atoms with Crippen molar-refractivity contribution in [2.45, 2.75) is 25.9 Å². The first-order valence-corrected chi connectivity index (χ1v) is 11.0. The molecule has 1 N–H and O–H groups in total. The number of hydrogen-bond acceptors (Lipinski definition) is 5. The van der Waals surface area contributed by atoms with Crippen LogP contribution < -0.4 is 5.32 Å². The van der Waals surface area contributed by atoms with E-state index in [1.54, 1.807) is 10.9 Å². The molecule has 0 saturated carbocycles. The minimum absolute atomic E-state index is 0.0834. The van der Waals surface area contributed by atoms with Crippen molar-refractivity contribution in [1.29, 1.82) is 0 Å². The molecule has 7 nitrogen and oxygen atoms in total. The second-order valence-electron chi connectivity index (χ2n) is 6.94. The van der Waals surface area contributed by atoms with Crippen molar-refractivity contribution in [1.82, 2.24) is 20.0 Å². The summed E-state index contributed by atoms with van der Waals surface area (Å²) in [6.07, 6.45) is 2.51. The number of aromatic nitrogens is 2. The molecule has 0 radical (unpaired) electrons. The number of nitrogens with one attached hydrogen (secondary N) is 1. The largest absolute Gasteiger partial charge is 0.344 e. The molecular weight excluding hydrogens is 364 g/mol. The summed E-state index contributed by atoms with van der Waals surface area (Å²) in [6, 6.07) is 9.34. The maximum absolute atomic E-state index is 12.6. The molecule has 1 unspecified atom stereocenters. The highest BCUT2D eigenvalue weighted by Gasteiger charge is 2.21. The van der Waals surface area contributed by atoms with Gasteiger partial charge >= 0.3 is 0 Å². The molecule has 0 spiro atoms. The number of rotatable bonds is 6. The van der Waals surface area contributed by atoms with Crippen LogP contribution in [-0.4, -0.2) is 53.6 Å². The zero-order valence-electron chi connectivity index (χ0n) is 15.8. The summed E-state index contributed by atoms with van der Waals surface area (Å²) in [5.74, 6) is 0.332. The zero-order chi connectivity index (χ0) is 19.4. The Morgan fingerprint density at radius 3 is 2.41 bits per heavy atom. The molecule has 1 amide bonds. The second kappa shape index (κ2) is 8.22. The van der Waals surface area contributed by atoms with E-state index in [-0.39, 0.29) is 23.5 Å². The van der Waals surface area contributed by atoms with E-state index in [4.69, 9.17) is 0 Å².